The van der Waals surface area contributed by atoms with Crippen molar-refractivity contribution < 1.29 is 18.8 Å². The summed E-state index contributed by atoms with van der Waals surface area (Å²) in [7, 11) is 1.42. The molecule has 1 N–H and O–H groups in total. The molecule has 4 rings (SSSR count). The summed E-state index contributed by atoms with van der Waals surface area (Å²) in [5, 5.41) is 2.76. The average molecular weight is 338 g/mol. The molecule has 126 valence electrons. The van der Waals surface area contributed by atoms with Crippen LogP contribution in [0.3, 0.4) is 0 Å². The number of benzene rings is 2. The highest BCUT2D eigenvalue weighted by Crippen LogP contribution is 2.48. The second-order valence-electron chi connectivity index (χ2n) is 6.39. The van der Waals surface area contributed by atoms with Gasteiger partial charge in [0.1, 0.15) is 5.82 Å². The Morgan fingerprint density at radius 1 is 1.12 bits per heavy atom. The van der Waals surface area contributed by atoms with Crippen LogP contribution >= 0.6 is 0 Å². The quantitative estimate of drug-likeness (QED) is 0.875. The van der Waals surface area contributed by atoms with Crippen molar-refractivity contribution >= 4 is 23.4 Å². The van der Waals surface area contributed by atoms with E-state index in [1.807, 2.05) is 0 Å². The normalized spacial score (nSPS) is 21.3. The minimum Gasteiger partial charge on any atom is -0.326 e. The lowest BCUT2D eigenvalue weighted by Crippen LogP contribution is -2.24. The number of imide groups is 1. The van der Waals surface area contributed by atoms with Crippen LogP contribution in [0.1, 0.15) is 38.6 Å². The molecule has 25 heavy (non-hydrogen) atoms. The van der Waals surface area contributed by atoms with Gasteiger partial charge in [0.15, 0.2) is 0 Å². The van der Waals surface area contributed by atoms with Crippen LogP contribution in [0.5, 0.6) is 0 Å². The van der Waals surface area contributed by atoms with E-state index >= 15 is 0 Å². The molecule has 1 aliphatic carbocycles. The van der Waals surface area contributed by atoms with Crippen molar-refractivity contribution in [2.75, 3.05) is 12.4 Å². The second-order valence-corrected chi connectivity index (χ2v) is 6.39. The van der Waals surface area contributed by atoms with Gasteiger partial charge in [-0.3, -0.25) is 19.3 Å². The summed E-state index contributed by atoms with van der Waals surface area (Å²) in [5.41, 5.74) is 1.63. The molecule has 0 bridgehead atoms. The molecule has 2 aliphatic rings. The molecule has 1 fully saturated rings. The number of nitrogens with zero attached hydrogens (tertiary/aromatic N) is 1. The van der Waals surface area contributed by atoms with Crippen molar-refractivity contribution in [1.82, 2.24) is 4.90 Å². The third-order valence-electron chi connectivity index (χ3n) is 4.79. The molecule has 1 saturated carbocycles. The standard InChI is InChI=1S/C19H15FN2O3/c1-22-18(24)12-7-6-10(8-15(12)19(22)25)21-17(23)14-9-13(14)11-4-2-3-5-16(11)20/h2-8,13-14H,9H2,1H3,(H,21,23). The molecule has 2 unspecified atom stereocenters. The van der Waals surface area contributed by atoms with Crippen LogP contribution in [0.25, 0.3) is 0 Å². The molecular weight excluding hydrogens is 323 g/mol. The largest absolute Gasteiger partial charge is 0.326 e. The van der Waals surface area contributed by atoms with Crippen molar-refractivity contribution in [3.8, 4) is 0 Å². The first-order chi connectivity index (χ1) is 12.0. The van der Waals surface area contributed by atoms with Crippen LogP contribution in [0.2, 0.25) is 0 Å². The summed E-state index contributed by atoms with van der Waals surface area (Å²) >= 11 is 0. The molecule has 2 aromatic rings. The summed E-state index contributed by atoms with van der Waals surface area (Å²) in [6.45, 7) is 0. The Labute approximate surface area is 143 Å². The van der Waals surface area contributed by atoms with Crippen LogP contribution in [0.15, 0.2) is 42.5 Å². The Balaban J connectivity index is 1.49. The number of hydrogen-bond donors (Lipinski definition) is 1. The predicted molar refractivity (Wildman–Crippen MR) is 88.7 cm³/mol. The fourth-order valence-corrected chi connectivity index (χ4v) is 3.28. The zero-order valence-corrected chi connectivity index (χ0v) is 13.5. The molecule has 0 saturated heterocycles. The monoisotopic (exact) mass is 338 g/mol. The molecular formula is C19H15FN2O3. The van der Waals surface area contributed by atoms with Gasteiger partial charge in [-0.05, 0) is 42.2 Å². The first kappa shape index (κ1) is 15.5. The van der Waals surface area contributed by atoms with E-state index in [9.17, 15) is 18.8 Å². The van der Waals surface area contributed by atoms with Gasteiger partial charge in [-0.2, -0.15) is 0 Å². The first-order valence-electron chi connectivity index (χ1n) is 7.99. The van der Waals surface area contributed by atoms with Crippen LogP contribution in [-0.2, 0) is 4.79 Å². The number of fused-ring (bicyclic) bond motifs is 1. The van der Waals surface area contributed by atoms with Gasteiger partial charge in [-0.15, -0.1) is 0 Å². The zero-order chi connectivity index (χ0) is 17.7. The van der Waals surface area contributed by atoms with Gasteiger partial charge >= 0.3 is 0 Å². The molecule has 2 aromatic carbocycles. The van der Waals surface area contributed by atoms with Crippen LogP contribution in [0, 0.1) is 11.7 Å². The number of carbonyl (C=O) groups excluding carboxylic acids is 3. The van der Waals surface area contributed by atoms with Gasteiger partial charge in [-0.25, -0.2) is 4.39 Å². The van der Waals surface area contributed by atoms with Gasteiger partial charge in [0.25, 0.3) is 11.8 Å². The van der Waals surface area contributed by atoms with Crippen molar-refractivity contribution in [3.05, 3.63) is 65.0 Å². The number of nitrogens with one attached hydrogen (secondary N) is 1. The van der Waals surface area contributed by atoms with Crippen LogP contribution in [0.4, 0.5) is 10.1 Å². The lowest BCUT2D eigenvalue weighted by atomic mass is 10.1. The van der Waals surface area contributed by atoms with E-state index < -0.39 is 0 Å². The van der Waals surface area contributed by atoms with E-state index in [2.05, 4.69) is 5.32 Å². The SMILES string of the molecule is CN1C(=O)c2ccc(NC(=O)C3CC3c3ccccc3F)cc2C1=O. The highest BCUT2D eigenvalue weighted by Gasteiger charge is 2.45. The highest BCUT2D eigenvalue weighted by molar-refractivity contribution is 6.21. The maximum Gasteiger partial charge on any atom is 0.261 e. The molecule has 6 heteroatoms. The summed E-state index contributed by atoms with van der Waals surface area (Å²) in [5.74, 6) is -1.65. The maximum absolute atomic E-state index is 13.8. The molecule has 5 nitrogen and oxygen atoms in total. The number of rotatable bonds is 3. The molecule has 2 atom stereocenters. The maximum atomic E-state index is 13.8. The number of carbonyl (C=O) groups is 3. The lowest BCUT2D eigenvalue weighted by molar-refractivity contribution is -0.117. The zero-order valence-electron chi connectivity index (χ0n) is 13.5. The Hall–Kier alpha value is -3.02. The smallest absolute Gasteiger partial charge is 0.261 e. The van der Waals surface area contributed by atoms with Gasteiger partial charge in [0.05, 0.1) is 11.1 Å². The van der Waals surface area contributed by atoms with Gasteiger partial charge in [0.2, 0.25) is 5.91 Å². The molecule has 3 amide bonds. The van der Waals surface area contributed by atoms with Crippen LogP contribution < -0.4 is 5.32 Å². The van der Waals surface area contributed by atoms with E-state index in [0.29, 0.717) is 23.2 Å². The number of hydrogen-bond acceptors (Lipinski definition) is 3. The van der Waals surface area contributed by atoms with Crippen molar-refractivity contribution in [2.45, 2.75) is 12.3 Å². The van der Waals surface area contributed by atoms with Crippen molar-refractivity contribution in [2.24, 2.45) is 5.92 Å². The number of amides is 3. The Morgan fingerprint density at radius 2 is 1.84 bits per heavy atom. The predicted octanol–water partition coefficient (Wildman–Crippen LogP) is 2.79. The molecule has 0 radical (unpaired) electrons. The molecule has 0 aromatic heterocycles. The third kappa shape index (κ3) is 2.50. The average Bonchev–Trinajstić information content (AvgIpc) is 3.37. The van der Waals surface area contributed by atoms with Gasteiger partial charge in [-0.1, -0.05) is 18.2 Å². The summed E-state index contributed by atoms with van der Waals surface area (Å²) < 4.78 is 13.8. The lowest BCUT2D eigenvalue weighted by Gasteiger charge is -2.06. The van der Waals surface area contributed by atoms with Crippen molar-refractivity contribution in [1.29, 1.82) is 0 Å². The van der Waals surface area contributed by atoms with E-state index in [4.69, 9.17) is 0 Å². The Morgan fingerprint density at radius 3 is 2.60 bits per heavy atom. The molecule has 1 heterocycles. The topological polar surface area (TPSA) is 66.5 Å². The second kappa shape index (κ2) is 5.51. The minimum absolute atomic E-state index is 0.120. The van der Waals surface area contributed by atoms with Gasteiger partial charge in [0, 0.05) is 18.7 Å². The molecule has 0 spiro atoms. The Kier molecular flexibility index (Phi) is 3.42. The summed E-state index contributed by atoms with van der Waals surface area (Å²) in [4.78, 5) is 37.3. The number of anilines is 1. The molecule has 1 aliphatic heterocycles. The minimum atomic E-state index is -0.383. The van der Waals surface area contributed by atoms with Crippen molar-refractivity contribution in [3.63, 3.8) is 0 Å². The van der Waals surface area contributed by atoms with Crippen LogP contribution in [-0.4, -0.2) is 29.7 Å². The summed E-state index contributed by atoms with van der Waals surface area (Å²) in [6.07, 6.45) is 0.595. The van der Waals surface area contributed by atoms with E-state index in [-0.39, 0.29) is 40.9 Å². The van der Waals surface area contributed by atoms with E-state index in [0.717, 1.165) is 4.90 Å². The van der Waals surface area contributed by atoms with Gasteiger partial charge < -0.3 is 5.32 Å². The fourth-order valence-electron chi connectivity index (χ4n) is 3.28. The highest BCUT2D eigenvalue weighted by atomic mass is 19.1. The number of halogens is 1. The van der Waals surface area contributed by atoms with E-state index in [1.165, 1.54) is 25.2 Å². The van der Waals surface area contributed by atoms with E-state index in [1.54, 1.807) is 24.3 Å². The summed E-state index contributed by atoms with van der Waals surface area (Å²) in [6, 6.07) is 11.1. The Bertz CT molecular complexity index is 925. The fraction of sp³-hybridized carbons (Fsp3) is 0.211. The third-order valence-corrected chi connectivity index (χ3v) is 4.79. The first-order valence-corrected chi connectivity index (χ1v) is 7.99.